The van der Waals surface area contributed by atoms with Gasteiger partial charge in [0.15, 0.2) is 5.82 Å². The molecule has 0 unspecified atom stereocenters. The van der Waals surface area contributed by atoms with Crippen molar-refractivity contribution >= 4 is 45.0 Å². The number of hydrogen-bond acceptors (Lipinski definition) is 4. The van der Waals surface area contributed by atoms with Gasteiger partial charge in [0.1, 0.15) is 5.02 Å². The Hall–Kier alpha value is -1.33. The first-order valence-electron chi connectivity index (χ1n) is 6.39. The molecule has 1 aromatic heterocycles. The van der Waals surface area contributed by atoms with Crippen LogP contribution >= 0.6 is 27.5 Å². The van der Waals surface area contributed by atoms with Gasteiger partial charge >= 0.3 is 0 Å². The highest BCUT2D eigenvalue weighted by molar-refractivity contribution is 9.10. The van der Waals surface area contributed by atoms with Gasteiger partial charge in [-0.25, -0.2) is 4.98 Å². The minimum Gasteiger partial charge on any atom is -0.354 e. The Balaban J connectivity index is 2.20. The molecule has 0 radical (unpaired) electrons. The van der Waals surface area contributed by atoms with Crippen molar-refractivity contribution in [1.82, 2.24) is 9.97 Å². The normalized spacial score (nSPS) is 10.4. The highest BCUT2D eigenvalue weighted by Crippen LogP contribution is 2.26. The third-order valence-corrected chi connectivity index (χ3v) is 3.86. The number of nitrogens with one attached hydrogen (secondary N) is 2. The maximum atomic E-state index is 6.13. The Kier molecular flexibility index (Phi) is 5.20. The van der Waals surface area contributed by atoms with Crippen LogP contribution in [0.1, 0.15) is 18.9 Å². The molecule has 0 aliphatic rings. The van der Waals surface area contributed by atoms with Gasteiger partial charge in [0, 0.05) is 16.7 Å². The van der Waals surface area contributed by atoms with Gasteiger partial charge in [0.05, 0.1) is 6.20 Å². The first-order valence-corrected chi connectivity index (χ1v) is 7.57. The molecule has 0 saturated carbocycles. The van der Waals surface area contributed by atoms with Crippen LogP contribution in [0.3, 0.4) is 0 Å². The monoisotopic (exact) mass is 354 g/mol. The zero-order valence-electron chi connectivity index (χ0n) is 11.4. The van der Waals surface area contributed by atoms with Gasteiger partial charge in [-0.2, -0.15) is 4.98 Å². The van der Waals surface area contributed by atoms with E-state index in [1.54, 1.807) is 6.20 Å². The number of hydrogen-bond donors (Lipinski definition) is 2. The van der Waals surface area contributed by atoms with E-state index in [0.717, 1.165) is 28.7 Å². The zero-order chi connectivity index (χ0) is 14.5. The summed E-state index contributed by atoms with van der Waals surface area (Å²) in [6, 6.07) is 5.99. The smallest absolute Gasteiger partial charge is 0.224 e. The summed E-state index contributed by atoms with van der Waals surface area (Å²) in [6.07, 6.45) is 2.61. The Morgan fingerprint density at radius 2 is 2.15 bits per heavy atom. The highest BCUT2D eigenvalue weighted by Gasteiger charge is 2.06. The maximum Gasteiger partial charge on any atom is 0.224 e. The van der Waals surface area contributed by atoms with Gasteiger partial charge in [-0.05, 0) is 37.1 Å². The van der Waals surface area contributed by atoms with E-state index in [9.17, 15) is 0 Å². The summed E-state index contributed by atoms with van der Waals surface area (Å²) in [7, 11) is 0. The van der Waals surface area contributed by atoms with E-state index in [1.165, 1.54) is 0 Å². The van der Waals surface area contributed by atoms with Crippen molar-refractivity contribution in [2.45, 2.75) is 20.3 Å². The molecule has 1 aromatic carbocycles. The van der Waals surface area contributed by atoms with Crippen molar-refractivity contribution in [3.63, 3.8) is 0 Å². The molecule has 2 N–H and O–H groups in total. The number of nitrogens with zero attached hydrogens (tertiary/aromatic N) is 2. The van der Waals surface area contributed by atoms with Crippen molar-refractivity contribution in [3.8, 4) is 0 Å². The molecule has 0 bridgehead atoms. The van der Waals surface area contributed by atoms with E-state index < -0.39 is 0 Å². The quantitative estimate of drug-likeness (QED) is 0.811. The lowest BCUT2D eigenvalue weighted by molar-refractivity contribution is 0.953. The molecule has 106 valence electrons. The molecular weight excluding hydrogens is 340 g/mol. The Morgan fingerprint density at radius 1 is 1.35 bits per heavy atom. The average molecular weight is 356 g/mol. The molecule has 0 atom stereocenters. The van der Waals surface area contributed by atoms with E-state index in [4.69, 9.17) is 11.6 Å². The molecule has 6 heteroatoms. The van der Waals surface area contributed by atoms with Crippen LogP contribution in [-0.4, -0.2) is 16.5 Å². The second-order valence-electron chi connectivity index (χ2n) is 4.41. The Morgan fingerprint density at radius 3 is 2.85 bits per heavy atom. The van der Waals surface area contributed by atoms with E-state index in [-0.39, 0.29) is 0 Å². The molecule has 0 fully saturated rings. The summed E-state index contributed by atoms with van der Waals surface area (Å²) in [5.41, 5.74) is 2.08. The molecule has 4 nitrogen and oxygen atoms in total. The summed E-state index contributed by atoms with van der Waals surface area (Å²) in [4.78, 5) is 8.53. The second kappa shape index (κ2) is 6.90. The molecule has 0 aliphatic heterocycles. The van der Waals surface area contributed by atoms with Gasteiger partial charge in [-0.15, -0.1) is 0 Å². The van der Waals surface area contributed by atoms with E-state index in [2.05, 4.69) is 43.5 Å². The molecule has 1 heterocycles. The van der Waals surface area contributed by atoms with Crippen LogP contribution in [0.2, 0.25) is 5.02 Å². The van der Waals surface area contributed by atoms with Gasteiger partial charge in [-0.1, -0.05) is 34.5 Å². The highest BCUT2D eigenvalue weighted by atomic mass is 79.9. The predicted octanol–water partition coefficient (Wildman–Crippen LogP) is 4.77. The number of aromatic nitrogens is 2. The molecule has 0 amide bonds. The van der Waals surface area contributed by atoms with Gasteiger partial charge in [0.2, 0.25) is 5.95 Å². The average Bonchev–Trinajstić information content (AvgIpc) is 2.44. The lowest BCUT2D eigenvalue weighted by Crippen LogP contribution is -2.06. The lowest BCUT2D eigenvalue weighted by Gasteiger charge is -2.10. The van der Waals surface area contributed by atoms with E-state index in [1.807, 2.05) is 25.1 Å². The fourth-order valence-electron chi connectivity index (χ4n) is 1.64. The third kappa shape index (κ3) is 3.84. The van der Waals surface area contributed by atoms with Crippen LogP contribution in [-0.2, 0) is 0 Å². The SMILES string of the molecule is CCCNc1ncc(Cl)c(Nc2ccc(Br)c(C)c2)n1. The summed E-state index contributed by atoms with van der Waals surface area (Å²) in [5.74, 6) is 1.18. The van der Waals surface area contributed by atoms with E-state index >= 15 is 0 Å². The number of halogens is 2. The van der Waals surface area contributed by atoms with E-state index in [0.29, 0.717) is 16.8 Å². The first kappa shape index (κ1) is 15.1. The van der Waals surface area contributed by atoms with Crippen LogP contribution in [0.25, 0.3) is 0 Å². The standard InChI is InChI=1S/C14H16BrClN4/c1-3-6-17-14-18-8-12(16)13(20-14)19-10-4-5-11(15)9(2)7-10/h4-5,7-8H,3,6H2,1-2H3,(H2,17,18,19,20). The largest absolute Gasteiger partial charge is 0.354 e. The van der Waals surface area contributed by atoms with Crippen molar-refractivity contribution < 1.29 is 0 Å². The lowest BCUT2D eigenvalue weighted by atomic mass is 10.2. The van der Waals surface area contributed by atoms with Gasteiger partial charge in [0.25, 0.3) is 0 Å². The first-order chi connectivity index (χ1) is 9.60. The van der Waals surface area contributed by atoms with Crippen LogP contribution in [0.5, 0.6) is 0 Å². The molecule has 2 rings (SSSR count). The van der Waals surface area contributed by atoms with Crippen molar-refractivity contribution in [2.75, 3.05) is 17.2 Å². The fourth-order valence-corrected chi connectivity index (χ4v) is 2.02. The molecule has 20 heavy (non-hydrogen) atoms. The number of aryl methyl sites for hydroxylation is 1. The molecule has 2 aromatic rings. The van der Waals surface area contributed by atoms with Crippen LogP contribution in [0, 0.1) is 6.92 Å². The topological polar surface area (TPSA) is 49.8 Å². The maximum absolute atomic E-state index is 6.13. The van der Waals surface area contributed by atoms with Crippen LogP contribution in [0.4, 0.5) is 17.5 Å². The Bertz CT molecular complexity index is 604. The van der Waals surface area contributed by atoms with Crippen LogP contribution < -0.4 is 10.6 Å². The third-order valence-electron chi connectivity index (χ3n) is 2.70. The summed E-state index contributed by atoms with van der Waals surface area (Å²) >= 11 is 9.61. The number of benzene rings is 1. The molecular formula is C14H16BrClN4. The zero-order valence-corrected chi connectivity index (χ0v) is 13.7. The minimum absolute atomic E-state index is 0.493. The molecule has 0 aliphatic carbocycles. The summed E-state index contributed by atoms with van der Waals surface area (Å²) in [6.45, 7) is 4.95. The summed E-state index contributed by atoms with van der Waals surface area (Å²) in [5, 5.41) is 6.85. The van der Waals surface area contributed by atoms with Crippen molar-refractivity contribution in [3.05, 3.63) is 39.5 Å². The van der Waals surface area contributed by atoms with Crippen molar-refractivity contribution in [1.29, 1.82) is 0 Å². The van der Waals surface area contributed by atoms with Crippen molar-refractivity contribution in [2.24, 2.45) is 0 Å². The molecule has 0 spiro atoms. The Labute approximate surface area is 132 Å². The van der Waals surface area contributed by atoms with Crippen LogP contribution in [0.15, 0.2) is 28.9 Å². The second-order valence-corrected chi connectivity index (χ2v) is 5.67. The predicted molar refractivity (Wildman–Crippen MR) is 88.0 cm³/mol. The van der Waals surface area contributed by atoms with Gasteiger partial charge in [-0.3, -0.25) is 0 Å². The minimum atomic E-state index is 0.493. The molecule has 0 saturated heterocycles. The summed E-state index contributed by atoms with van der Waals surface area (Å²) < 4.78 is 1.07. The van der Waals surface area contributed by atoms with Gasteiger partial charge < -0.3 is 10.6 Å². The number of rotatable bonds is 5. The number of anilines is 3. The fraction of sp³-hybridized carbons (Fsp3) is 0.286.